The van der Waals surface area contributed by atoms with Crippen molar-refractivity contribution in [2.75, 3.05) is 19.8 Å². The average molecular weight is 573 g/mol. The zero-order valence-corrected chi connectivity index (χ0v) is 26.8. The van der Waals surface area contributed by atoms with Crippen molar-refractivity contribution in [1.82, 2.24) is 0 Å². The number of hydrogen-bond acceptors (Lipinski definition) is 4. The van der Waals surface area contributed by atoms with Crippen LogP contribution in [0.3, 0.4) is 0 Å². The molecule has 1 N–H and O–H groups in total. The van der Waals surface area contributed by atoms with Crippen molar-refractivity contribution >= 4 is 5.57 Å². The summed E-state index contributed by atoms with van der Waals surface area (Å²) in [5, 5.41) is 10.4. The zero-order chi connectivity index (χ0) is 30.5. The van der Waals surface area contributed by atoms with E-state index in [0.29, 0.717) is 24.2 Å². The number of benzene rings is 3. The van der Waals surface area contributed by atoms with Gasteiger partial charge in [0, 0.05) is 24.8 Å². The third kappa shape index (κ3) is 8.64. The van der Waals surface area contributed by atoms with E-state index in [0.717, 1.165) is 86.4 Å². The monoisotopic (exact) mass is 572 g/mol. The summed E-state index contributed by atoms with van der Waals surface area (Å²) >= 11 is 0. The van der Waals surface area contributed by atoms with Crippen LogP contribution in [0.4, 0.5) is 0 Å². The highest BCUT2D eigenvalue weighted by atomic mass is 16.5. The minimum atomic E-state index is 0.219. The van der Waals surface area contributed by atoms with Crippen LogP contribution in [0.1, 0.15) is 87.3 Å². The van der Waals surface area contributed by atoms with E-state index >= 15 is 0 Å². The number of fused-ring (bicyclic) bond motifs is 1. The highest BCUT2D eigenvalue weighted by molar-refractivity contribution is 5.74. The fourth-order valence-corrected chi connectivity index (χ4v) is 5.97. The topological polar surface area (TPSA) is 47.9 Å². The maximum absolute atomic E-state index is 10.4. The molecule has 42 heavy (non-hydrogen) atoms. The van der Waals surface area contributed by atoms with Gasteiger partial charge in [-0.25, -0.2) is 0 Å². The molecule has 4 heteroatoms. The van der Waals surface area contributed by atoms with Gasteiger partial charge in [-0.1, -0.05) is 71.5 Å². The Kier molecular flexibility index (Phi) is 13.5. The molecule has 5 rings (SSSR count). The first kappa shape index (κ1) is 33.3. The van der Waals surface area contributed by atoms with Crippen molar-refractivity contribution in [3.8, 4) is 17.2 Å². The van der Waals surface area contributed by atoms with Gasteiger partial charge < -0.3 is 19.3 Å². The van der Waals surface area contributed by atoms with Crippen LogP contribution in [-0.4, -0.2) is 24.9 Å². The van der Waals surface area contributed by atoms with Gasteiger partial charge in [-0.05, 0) is 109 Å². The first-order valence-electron chi connectivity index (χ1n) is 16.1. The van der Waals surface area contributed by atoms with Gasteiger partial charge >= 0.3 is 0 Å². The normalized spacial score (nSPS) is 17.2. The van der Waals surface area contributed by atoms with Gasteiger partial charge in [-0.15, -0.1) is 0 Å². The molecule has 3 aromatic rings. The first-order valence-corrected chi connectivity index (χ1v) is 16.1. The molecule has 2 aliphatic rings. The van der Waals surface area contributed by atoms with Crippen LogP contribution < -0.4 is 9.47 Å². The number of phenols is 1. The highest BCUT2D eigenvalue weighted by Crippen LogP contribution is 2.42. The summed E-state index contributed by atoms with van der Waals surface area (Å²) in [6, 6.07) is 18.2. The molecule has 0 radical (unpaired) electrons. The van der Waals surface area contributed by atoms with E-state index in [-0.39, 0.29) is 5.75 Å². The van der Waals surface area contributed by atoms with Crippen LogP contribution in [0, 0.1) is 18.8 Å². The average Bonchev–Trinajstić information content (AvgIpc) is 3.54. The molecule has 1 fully saturated rings. The number of hydrogen-bond donors (Lipinski definition) is 1. The number of allylic oxidation sites excluding steroid dienone is 1. The van der Waals surface area contributed by atoms with Gasteiger partial charge in [0.25, 0.3) is 0 Å². The van der Waals surface area contributed by atoms with Gasteiger partial charge in [-0.3, -0.25) is 0 Å². The van der Waals surface area contributed by atoms with Gasteiger partial charge in [0.2, 0.25) is 0 Å². The van der Waals surface area contributed by atoms with E-state index in [1.54, 1.807) is 6.07 Å². The first-order chi connectivity index (χ1) is 20.5. The fourth-order valence-electron chi connectivity index (χ4n) is 5.97. The van der Waals surface area contributed by atoms with Gasteiger partial charge in [-0.2, -0.15) is 0 Å². The molecule has 1 unspecified atom stereocenters. The Hall–Kier alpha value is -3.24. The molecule has 0 saturated carbocycles. The zero-order valence-electron chi connectivity index (χ0n) is 26.8. The Bertz CT molecular complexity index is 1260. The lowest BCUT2D eigenvalue weighted by Crippen LogP contribution is -2.19. The lowest BCUT2D eigenvalue weighted by atomic mass is 9.75. The minimum absolute atomic E-state index is 0.219. The summed E-state index contributed by atoms with van der Waals surface area (Å²) < 4.78 is 18.1. The molecule has 0 spiro atoms. The maximum atomic E-state index is 10.4. The van der Waals surface area contributed by atoms with Crippen LogP contribution in [-0.2, 0) is 30.6 Å². The second kappa shape index (κ2) is 17.0. The lowest BCUT2D eigenvalue weighted by molar-refractivity contribution is 0.185. The van der Waals surface area contributed by atoms with Crippen LogP contribution in [0.2, 0.25) is 0 Å². The Balaban J connectivity index is 0.00000116. The summed E-state index contributed by atoms with van der Waals surface area (Å²) in [5.74, 6) is 2.81. The number of aromatic hydroxyl groups is 1. The molecule has 228 valence electrons. The van der Waals surface area contributed by atoms with Crippen molar-refractivity contribution in [3.05, 3.63) is 94.6 Å². The smallest absolute Gasteiger partial charge is 0.131 e. The molecule has 1 saturated heterocycles. The Morgan fingerprint density at radius 2 is 1.76 bits per heavy atom. The Morgan fingerprint density at radius 1 is 1.00 bits per heavy atom. The van der Waals surface area contributed by atoms with Crippen molar-refractivity contribution in [3.63, 3.8) is 0 Å². The van der Waals surface area contributed by atoms with E-state index in [1.807, 2.05) is 58.9 Å². The lowest BCUT2D eigenvalue weighted by Gasteiger charge is -2.30. The van der Waals surface area contributed by atoms with Crippen LogP contribution in [0.25, 0.3) is 5.57 Å². The molecule has 2 atom stereocenters. The Labute approximate surface area is 254 Å². The van der Waals surface area contributed by atoms with Crippen LogP contribution in [0.15, 0.2) is 61.2 Å². The molecule has 0 amide bonds. The van der Waals surface area contributed by atoms with Crippen LogP contribution >= 0.6 is 0 Å². The second-order valence-corrected chi connectivity index (χ2v) is 10.9. The van der Waals surface area contributed by atoms with E-state index in [9.17, 15) is 5.11 Å². The number of rotatable bonds is 10. The van der Waals surface area contributed by atoms with Gasteiger partial charge in [0.05, 0.1) is 6.61 Å². The number of ether oxygens (including phenoxy) is 3. The molecular formula is C38H52O4. The standard InChI is InChI=1S/C34H40O4.2C2H6/c1-4-13-37-31-17-28-11-10-27(19-32(28)29(18-31)16-26-12-14-36-21-26)24(3)34-23(2)15-30(35)20-33(34)38-22-25-8-6-5-7-9-25;2*1-2/h5-9,15,17-18,20,26-27,35H,3-4,10-14,16,19,21-22H2,1-2H3;2*1-2H3/t26-,27?;;/m0../s1. The summed E-state index contributed by atoms with van der Waals surface area (Å²) in [6.45, 7) is 19.7. The Morgan fingerprint density at radius 3 is 2.45 bits per heavy atom. The third-order valence-corrected chi connectivity index (χ3v) is 7.96. The predicted octanol–water partition coefficient (Wildman–Crippen LogP) is 9.52. The molecule has 1 aliphatic carbocycles. The number of phenolic OH excluding ortho intramolecular Hbond substituents is 1. The van der Waals surface area contributed by atoms with Crippen molar-refractivity contribution in [2.24, 2.45) is 11.8 Å². The molecule has 0 aromatic heterocycles. The minimum Gasteiger partial charge on any atom is -0.508 e. The molecular weight excluding hydrogens is 520 g/mol. The van der Waals surface area contributed by atoms with Gasteiger partial charge in [0.1, 0.15) is 23.9 Å². The molecule has 1 aliphatic heterocycles. The molecule has 1 heterocycles. The van der Waals surface area contributed by atoms with Gasteiger partial charge in [0.15, 0.2) is 0 Å². The predicted molar refractivity (Wildman–Crippen MR) is 176 cm³/mol. The highest BCUT2D eigenvalue weighted by Gasteiger charge is 2.28. The summed E-state index contributed by atoms with van der Waals surface area (Å²) in [6.07, 6.45) is 6.17. The van der Waals surface area contributed by atoms with Crippen molar-refractivity contribution in [2.45, 2.75) is 86.7 Å². The maximum Gasteiger partial charge on any atom is 0.131 e. The summed E-state index contributed by atoms with van der Waals surface area (Å²) in [5.41, 5.74) is 8.50. The SMILES string of the molecule is C=C(c1c(C)cc(O)cc1OCc1ccccc1)C1CCc2cc(OCCC)cc(C[C@@H]3CCOC3)c2C1.CC.CC. The van der Waals surface area contributed by atoms with Crippen molar-refractivity contribution < 1.29 is 19.3 Å². The summed E-state index contributed by atoms with van der Waals surface area (Å²) in [4.78, 5) is 0. The fraction of sp³-hybridized carbons (Fsp3) is 0.474. The summed E-state index contributed by atoms with van der Waals surface area (Å²) in [7, 11) is 0. The van der Waals surface area contributed by atoms with E-state index in [2.05, 4.69) is 37.8 Å². The number of aryl methyl sites for hydroxylation is 2. The molecule has 4 nitrogen and oxygen atoms in total. The van der Waals surface area contributed by atoms with E-state index in [4.69, 9.17) is 14.2 Å². The third-order valence-electron chi connectivity index (χ3n) is 7.96. The second-order valence-electron chi connectivity index (χ2n) is 10.9. The van der Waals surface area contributed by atoms with Crippen molar-refractivity contribution in [1.29, 1.82) is 0 Å². The largest absolute Gasteiger partial charge is 0.508 e. The quantitative estimate of drug-likeness (QED) is 0.263. The van der Waals surface area contributed by atoms with E-state index < -0.39 is 0 Å². The van der Waals surface area contributed by atoms with E-state index in [1.165, 1.54) is 16.7 Å². The molecule has 3 aromatic carbocycles. The molecule has 0 bridgehead atoms. The van der Waals surface area contributed by atoms with Crippen LogP contribution in [0.5, 0.6) is 17.2 Å².